The van der Waals surface area contributed by atoms with Crippen molar-refractivity contribution >= 4 is 6.09 Å². The van der Waals surface area contributed by atoms with E-state index in [9.17, 15) is 9.18 Å². The Hall–Kier alpha value is -3.40. The number of hydrogen-bond acceptors (Lipinski definition) is 2. The predicted octanol–water partition coefficient (Wildman–Crippen LogP) is 6.87. The average Bonchev–Trinajstić information content (AvgIpc) is 2.80. The van der Waals surface area contributed by atoms with Gasteiger partial charge in [-0.2, -0.15) is 0 Å². The van der Waals surface area contributed by atoms with Crippen LogP contribution < -0.4 is 0 Å². The Morgan fingerprint density at radius 3 is 2.23 bits per heavy atom. The summed E-state index contributed by atoms with van der Waals surface area (Å²) in [6.07, 6.45) is 2.78. The summed E-state index contributed by atoms with van der Waals surface area (Å²) in [5.41, 5.74) is 3.32. The number of halogens is 1. The topological polar surface area (TPSA) is 29.5 Å². The van der Waals surface area contributed by atoms with Gasteiger partial charge in [-0.25, -0.2) is 9.18 Å². The highest BCUT2D eigenvalue weighted by atomic mass is 19.1. The Balaban J connectivity index is 1.51. The lowest BCUT2D eigenvalue weighted by molar-refractivity contribution is -0.0588. The van der Waals surface area contributed by atoms with Gasteiger partial charge in [-0.05, 0) is 41.3 Å². The predicted molar refractivity (Wildman–Crippen MR) is 121 cm³/mol. The van der Waals surface area contributed by atoms with Crippen LogP contribution in [-0.2, 0) is 10.3 Å². The van der Waals surface area contributed by atoms with E-state index < -0.39 is 5.60 Å². The molecule has 0 bridgehead atoms. The fourth-order valence-electron chi connectivity index (χ4n) is 4.24. The van der Waals surface area contributed by atoms with Crippen LogP contribution in [0.4, 0.5) is 9.18 Å². The molecule has 0 radical (unpaired) electrons. The van der Waals surface area contributed by atoms with Gasteiger partial charge >= 0.3 is 6.09 Å². The van der Waals surface area contributed by atoms with Crippen molar-refractivity contribution in [1.82, 2.24) is 4.90 Å². The number of benzene rings is 3. The van der Waals surface area contributed by atoms with Crippen molar-refractivity contribution in [2.24, 2.45) is 0 Å². The van der Waals surface area contributed by atoms with Gasteiger partial charge in [0.05, 0.1) is 6.04 Å². The van der Waals surface area contributed by atoms with Gasteiger partial charge in [-0.15, -0.1) is 6.58 Å². The smallest absolute Gasteiger partial charge is 0.411 e. The van der Waals surface area contributed by atoms with E-state index in [0.717, 1.165) is 22.3 Å². The second-order valence-electron chi connectivity index (χ2n) is 7.97. The van der Waals surface area contributed by atoms with Crippen LogP contribution in [0.25, 0.3) is 11.1 Å². The average molecular weight is 416 g/mol. The molecule has 3 aromatic carbocycles. The molecule has 0 saturated carbocycles. The van der Waals surface area contributed by atoms with Crippen molar-refractivity contribution in [3.63, 3.8) is 0 Å². The van der Waals surface area contributed by atoms with Crippen LogP contribution in [-0.4, -0.2) is 17.5 Å². The number of ether oxygens (including phenoxy) is 1. The zero-order valence-corrected chi connectivity index (χ0v) is 17.6. The van der Waals surface area contributed by atoms with E-state index in [1.165, 1.54) is 12.1 Å². The van der Waals surface area contributed by atoms with Gasteiger partial charge in [0.25, 0.3) is 0 Å². The molecule has 31 heavy (non-hydrogen) atoms. The number of rotatable bonds is 6. The standard InChI is InChI=1S/C27H26FNO2/c1-3-17-27(24-7-5-4-6-8-24)18-19-29(26(30)31-27)20(2)21-9-11-22(12-10-21)23-13-15-25(28)16-14-23/h3-16,20H,1,17-19H2,2H3/t20-,27-/m0/s1. The number of hydrogen-bond donors (Lipinski definition) is 0. The van der Waals surface area contributed by atoms with E-state index >= 15 is 0 Å². The van der Waals surface area contributed by atoms with Crippen LogP contribution in [0.5, 0.6) is 0 Å². The maximum absolute atomic E-state index is 13.2. The summed E-state index contributed by atoms with van der Waals surface area (Å²) >= 11 is 0. The molecule has 0 spiro atoms. The third kappa shape index (κ3) is 4.24. The molecule has 3 nitrogen and oxygen atoms in total. The molecule has 4 rings (SSSR count). The Morgan fingerprint density at radius 1 is 1.03 bits per heavy atom. The van der Waals surface area contributed by atoms with Crippen LogP contribution >= 0.6 is 0 Å². The van der Waals surface area contributed by atoms with Gasteiger partial charge in [0.1, 0.15) is 11.4 Å². The number of carbonyl (C=O) groups excluding carboxylic acids is 1. The quantitative estimate of drug-likeness (QED) is 0.411. The molecule has 1 amide bonds. The Labute approximate surface area is 182 Å². The minimum atomic E-state index is -0.664. The van der Waals surface area contributed by atoms with E-state index in [0.29, 0.717) is 19.4 Å². The van der Waals surface area contributed by atoms with E-state index in [2.05, 4.69) is 6.58 Å². The van der Waals surface area contributed by atoms with Crippen molar-refractivity contribution in [2.75, 3.05) is 6.54 Å². The molecule has 0 aliphatic carbocycles. The van der Waals surface area contributed by atoms with Crippen molar-refractivity contribution in [1.29, 1.82) is 0 Å². The van der Waals surface area contributed by atoms with E-state index in [1.807, 2.05) is 67.6 Å². The number of nitrogens with zero attached hydrogens (tertiary/aromatic N) is 1. The number of cyclic esters (lactones) is 1. The lowest BCUT2D eigenvalue weighted by Gasteiger charge is -2.43. The molecule has 0 N–H and O–H groups in total. The van der Waals surface area contributed by atoms with Crippen LogP contribution in [0.3, 0.4) is 0 Å². The third-order valence-electron chi connectivity index (χ3n) is 6.09. The molecule has 1 aliphatic rings. The van der Waals surface area contributed by atoms with E-state index in [4.69, 9.17) is 4.74 Å². The lowest BCUT2D eigenvalue weighted by atomic mass is 9.85. The molecule has 1 saturated heterocycles. The monoisotopic (exact) mass is 415 g/mol. The normalized spacial score (nSPS) is 19.5. The van der Waals surface area contributed by atoms with Crippen molar-refractivity contribution in [3.05, 3.63) is 108 Å². The van der Waals surface area contributed by atoms with Crippen molar-refractivity contribution in [3.8, 4) is 11.1 Å². The summed E-state index contributed by atoms with van der Waals surface area (Å²) < 4.78 is 19.2. The Bertz CT molecular complexity index is 1050. The summed E-state index contributed by atoms with van der Waals surface area (Å²) in [5.74, 6) is -0.249. The molecule has 0 aromatic heterocycles. The molecule has 1 aliphatic heterocycles. The molecule has 0 unspecified atom stereocenters. The van der Waals surface area contributed by atoms with Gasteiger partial charge in [0.15, 0.2) is 0 Å². The molecule has 1 heterocycles. The highest BCUT2D eigenvalue weighted by Crippen LogP contribution is 2.39. The third-order valence-corrected chi connectivity index (χ3v) is 6.09. The van der Waals surface area contributed by atoms with Gasteiger partial charge in [-0.1, -0.05) is 72.8 Å². The SMILES string of the molecule is C=CC[C@@]1(c2ccccc2)CCN([C@@H](C)c2ccc(-c3ccc(F)cc3)cc2)C(=O)O1. The maximum atomic E-state index is 13.2. The molecule has 2 atom stereocenters. The fourth-order valence-corrected chi connectivity index (χ4v) is 4.24. The summed E-state index contributed by atoms with van der Waals surface area (Å²) in [4.78, 5) is 14.8. The first-order valence-electron chi connectivity index (χ1n) is 10.5. The Kier molecular flexibility index (Phi) is 5.90. The lowest BCUT2D eigenvalue weighted by Crippen LogP contribution is -2.48. The summed E-state index contributed by atoms with van der Waals surface area (Å²) in [7, 11) is 0. The number of carbonyl (C=O) groups is 1. The van der Waals surface area contributed by atoms with Gasteiger partial charge < -0.3 is 9.64 Å². The largest absolute Gasteiger partial charge is 0.437 e. The first kappa shape index (κ1) is 20.9. The zero-order chi connectivity index (χ0) is 21.8. The van der Waals surface area contributed by atoms with E-state index in [1.54, 1.807) is 17.0 Å². The highest BCUT2D eigenvalue weighted by Gasteiger charge is 2.42. The minimum absolute atomic E-state index is 0.118. The number of amides is 1. The van der Waals surface area contributed by atoms with Crippen molar-refractivity contribution in [2.45, 2.75) is 31.4 Å². The molecule has 158 valence electrons. The first-order valence-corrected chi connectivity index (χ1v) is 10.5. The molecular weight excluding hydrogens is 389 g/mol. The molecule has 1 fully saturated rings. The Morgan fingerprint density at radius 2 is 1.65 bits per heavy atom. The first-order chi connectivity index (χ1) is 15.0. The van der Waals surface area contributed by atoms with Gasteiger partial charge in [0.2, 0.25) is 0 Å². The van der Waals surface area contributed by atoms with Crippen LogP contribution in [0.2, 0.25) is 0 Å². The summed E-state index contributed by atoms with van der Waals surface area (Å²) in [5, 5.41) is 0. The van der Waals surface area contributed by atoms with Gasteiger partial charge in [0, 0.05) is 19.4 Å². The second-order valence-corrected chi connectivity index (χ2v) is 7.97. The van der Waals surface area contributed by atoms with E-state index in [-0.39, 0.29) is 18.0 Å². The molecule has 4 heteroatoms. The van der Waals surface area contributed by atoms with Crippen LogP contribution in [0.15, 0.2) is 91.5 Å². The fraction of sp³-hybridized carbons (Fsp3) is 0.222. The molecular formula is C27H26FNO2. The summed E-state index contributed by atoms with van der Waals surface area (Å²) in [6, 6.07) is 24.2. The van der Waals surface area contributed by atoms with Gasteiger partial charge in [-0.3, -0.25) is 0 Å². The van der Waals surface area contributed by atoms with Crippen LogP contribution in [0.1, 0.15) is 36.9 Å². The highest BCUT2D eigenvalue weighted by molar-refractivity contribution is 5.70. The molecule has 3 aromatic rings. The second kappa shape index (κ2) is 8.76. The summed E-state index contributed by atoms with van der Waals surface area (Å²) in [6.45, 7) is 6.48. The minimum Gasteiger partial charge on any atom is -0.437 e. The van der Waals surface area contributed by atoms with Crippen LogP contribution in [0, 0.1) is 5.82 Å². The zero-order valence-electron chi connectivity index (χ0n) is 17.6. The maximum Gasteiger partial charge on any atom is 0.411 e. The van der Waals surface area contributed by atoms with Crippen molar-refractivity contribution < 1.29 is 13.9 Å².